The Bertz CT molecular complexity index is 218. The molecule has 1 aliphatic rings. The van der Waals surface area contributed by atoms with Gasteiger partial charge in [0.2, 0.25) is 0 Å². The van der Waals surface area contributed by atoms with Gasteiger partial charge in [0.25, 0.3) is 0 Å². The normalized spacial score (nSPS) is 30.8. The summed E-state index contributed by atoms with van der Waals surface area (Å²) in [5.41, 5.74) is 1.57. The molecule has 1 heteroatoms. The topological polar surface area (TPSA) is 0 Å². The predicted molar refractivity (Wildman–Crippen MR) is 48.9 cm³/mol. The third kappa shape index (κ3) is 1.45. The molecule has 0 saturated carbocycles. The Labute approximate surface area is 74.8 Å². The van der Waals surface area contributed by atoms with E-state index in [0.29, 0.717) is 3.12 Å². The summed E-state index contributed by atoms with van der Waals surface area (Å²) in [4.78, 5) is 0. The van der Waals surface area contributed by atoms with Crippen LogP contribution in [0.15, 0.2) is 23.8 Å². The van der Waals surface area contributed by atoms with Crippen molar-refractivity contribution in [2.45, 2.75) is 30.9 Å². The van der Waals surface area contributed by atoms with E-state index in [1.165, 1.54) is 0 Å². The molecule has 62 valence electrons. The summed E-state index contributed by atoms with van der Waals surface area (Å²) in [6.45, 7) is 4.67. The van der Waals surface area contributed by atoms with Crippen molar-refractivity contribution in [3.05, 3.63) is 23.8 Å². The fourth-order valence-corrected chi connectivity index (χ4v) is 6.11. The SMILES string of the molecule is CC1=CC=C[C]1(C)[Zr]([CH3])([CH3])[CH3]. The van der Waals surface area contributed by atoms with Gasteiger partial charge in [-0.1, -0.05) is 0 Å². The molecule has 0 N–H and O–H groups in total. The first-order valence-corrected chi connectivity index (χ1v) is 12.8. The van der Waals surface area contributed by atoms with Crippen molar-refractivity contribution in [2.24, 2.45) is 0 Å². The molecule has 0 fully saturated rings. The maximum atomic E-state index is 2.50. The monoisotopic (exact) mass is 228 g/mol. The van der Waals surface area contributed by atoms with E-state index in [9.17, 15) is 0 Å². The second-order valence-corrected chi connectivity index (χ2v) is 18.3. The summed E-state index contributed by atoms with van der Waals surface area (Å²) in [6.07, 6.45) is 6.89. The summed E-state index contributed by atoms with van der Waals surface area (Å²) >= 11 is -1.78. The van der Waals surface area contributed by atoms with Gasteiger partial charge in [-0.3, -0.25) is 0 Å². The van der Waals surface area contributed by atoms with Crippen molar-refractivity contribution in [3.8, 4) is 0 Å². The summed E-state index contributed by atoms with van der Waals surface area (Å²) < 4.78 is 7.99. The van der Waals surface area contributed by atoms with E-state index in [-0.39, 0.29) is 0 Å². The molecule has 0 aromatic heterocycles. The van der Waals surface area contributed by atoms with Crippen molar-refractivity contribution in [1.82, 2.24) is 0 Å². The van der Waals surface area contributed by atoms with E-state index in [1.807, 2.05) is 0 Å². The van der Waals surface area contributed by atoms with Crippen LogP contribution in [-0.4, -0.2) is 0 Å². The zero-order chi connectivity index (χ0) is 8.70. The van der Waals surface area contributed by atoms with Gasteiger partial charge in [0.05, 0.1) is 0 Å². The van der Waals surface area contributed by atoms with Crippen molar-refractivity contribution < 1.29 is 20.3 Å². The molecule has 0 aromatic rings. The van der Waals surface area contributed by atoms with Gasteiger partial charge in [-0.2, -0.15) is 0 Å². The summed E-state index contributed by atoms with van der Waals surface area (Å²) in [5, 5.41) is 0. The van der Waals surface area contributed by atoms with E-state index in [4.69, 9.17) is 0 Å². The van der Waals surface area contributed by atoms with Crippen LogP contribution >= 0.6 is 0 Å². The second-order valence-electron chi connectivity index (χ2n) is 4.66. The van der Waals surface area contributed by atoms with Gasteiger partial charge < -0.3 is 0 Å². The second kappa shape index (κ2) is 2.69. The first-order chi connectivity index (χ1) is 4.88. The Balaban J connectivity index is 3.02. The minimum absolute atomic E-state index is 0.481. The number of hydrogen-bond acceptors (Lipinski definition) is 0. The summed E-state index contributed by atoms with van der Waals surface area (Å²) in [5.74, 6) is 0. The van der Waals surface area contributed by atoms with Gasteiger partial charge in [-0.05, 0) is 0 Å². The quantitative estimate of drug-likeness (QED) is 0.638. The fourth-order valence-electron chi connectivity index (χ4n) is 1.53. The molecule has 0 bridgehead atoms. The van der Waals surface area contributed by atoms with Gasteiger partial charge in [0.15, 0.2) is 0 Å². The van der Waals surface area contributed by atoms with Crippen molar-refractivity contribution >= 4 is 0 Å². The molecular weight excluding hydrogens is 211 g/mol. The molecule has 0 nitrogen and oxygen atoms in total. The Kier molecular flexibility index (Phi) is 2.31. The molecule has 0 saturated heterocycles. The Hall–Kier alpha value is 0.363. The van der Waals surface area contributed by atoms with Crippen LogP contribution in [0.5, 0.6) is 0 Å². The first kappa shape index (κ1) is 9.45. The summed E-state index contributed by atoms with van der Waals surface area (Å²) in [6, 6.07) is 0. The van der Waals surface area contributed by atoms with Crippen molar-refractivity contribution in [1.29, 1.82) is 0 Å². The zero-order valence-corrected chi connectivity index (χ0v) is 10.7. The van der Waals surface area contributed by atoms with Crippen LogP contribution in [0.1, 0.15) is 13.8 Å². The van der Waals surface area contributed by atoms with Crippen LogP contribution in [0.3, 0.4) is 0 Å². The van der Waals surface area contributed by atoms with E-state index in [2.05, 4.69) is 46.0 Å². The standard InChI is InChI=1S/C7H9.3CH3.Zr/c1-6-4-3-5-7(6)2;;;;/h3-5H,1-2H3;3*1H3;. The molecule has 0 radical (unpaired) electrons. The van der Waals surface area contributed by atoms with Gasteiger partial charge in [0.1, 0.15) is 0 Å². The van der Waals surface area contributed by atoms with Crippen molar-refractivity contribution in [2.75, 3.05) is 0 Å². The van der Waals surface area contributed by atoms with Gasteiger partial charge >= 0.3 is 74.9 Å². The molecule has 0 heterocycles. The van der Waals surface area contributed by atoms with Crippen LogP contribution in [0.2, 0.25) is 17.0 Å². The van der Waals surface area contributed by atoms with Crippen LogP contribution < -0.4 is 0 Å². The van der Waals surface area contributed by atoms with Gasteiger partial charge in [0, 0.05) is 0 Å². The maximum absolute atomic E-state index is 2.50. The average Bonchev–Trinajstić information content (AvgIpc) is 2.12. The van der Waals surface area contributed by atoms with Crippen LogP contribution in [0.4, 0.5) is 0 Å². The Morgan fingerprint density at radius 2 is 1.82 bits per heavy atom. The fraction of sp³-hybridized carbons (Fsp3) is 0.600. The molecule has 11 heavy (non-hydrogen) atoms. The molecule has 1 rings (SSSR count). The number of allylic oxidation sites excluding steroid dienone is 4. The number of rotatable bonds is 1. The van der Waals surface area contributed by atoms with Gasteiger partial charge in [-0.15, -0.1) is 0 Å². The van der Waals surface area contributed by atoms with E-state index in [1.54, 1.807) is 5.57 Å². The molecule has 1 unspecified atom stereocenters. The van der Waals surface area contributed by atoms with Crippen LogP contribution in [0.25, 0.3) is 0 Å². The number of hydrogen-bond donors (Lipinski definition) is 0. The minimum atomic E-state index is -1.78. The molecule has 0 aliphatic heterocycles. The molecule has 1 atom stereocenters. The average molecular weight is 229 g/mol. The molecule has 0 amide bonds. The van der Waals surface area contributed by atoms with Gasteiger partial charge in [-0.25, -0.2) is 0 Å². The van der Waals surface area contributed by atoms with Crippen LogP contribution in [0, 0.1) is 0 Å². The third-order valence-electron chi connectivity index (χ3n) is 3.15. The summed E-state index contributed by atoms with van der Waals surface area (Å²) in [7, 11) is 0. The Morgan fingerprint density at radius 1 is 1.27 bits per heavy atom. The zero-order valence-electron chi connectivity index (χ0n) is 8.23. The predicted octanol–water partition coefficient (Wildman–Crippen LogP) is 3.98. The van der Waals surface area contributed by atoms with E-state index in [0.717, 1.165) is 0 Å². The molecular formula is C10H18Zr. The van der Waals surface area contributed by atoms with Crippen LogP contribution in [-0.2, 0) is 20.3 Å². The third-order valence-corrected chi connectivity index (χ3v) is 12.2. The molecule has 1 aliphatic carbocycles. The molecule has 0 spiro atoms. The molecule has 0 aromatic carbocycles. The van der Waals surface area contributed by atoms with Crippen molar-refractivity contribution in [3.63, 3.8) is 0 Å². The van der Waals surface area contributed by atoms with E-state index < -0.39 is 20.3 Å². The van der Waals surface area contributed by atoms with E-state index >= 15 is 0 Å². The first-order valence-electron chi connectivity index (χ1n) is 4.24. The Morgan fingerprint density at radius 3 is 2.00 bits per heavy atom.